The van der Waals surface area contributed by atoms with Crippen LogP contribution in [0.1, 0.15) is 32.9 Å². The number of hydrogen-bond acceptors (Lipinski definition) is 7. The lowest BCUT2D eigenvalue weighted by atomic mass is 10.1. The van der Waals surface area contributed by atoms with Gasteiger partial charge in [0, 0.05) is 5.56 Å². The van der Waals surface area contributed by atoms with Crippen LogP contribution in [0.25, 0.3) is 10.2 Å². The molecule has 2 heterocycles. The Balaban J connectivity index is 1.43. The Bertz CT molecular complexity index is 1150. The Morgan fingerprint density at radius 1 is 1.14 bits per heavy atom. The smallest absolute Gasteiger partial charge is 0.257 e. The fraction of sp³-hybridized carbons (Fsp3) is 0.200. The monoisotopic (exact) mass is 394 g/mol. The van der Waals surface area contributed by atoms with Crippen molar-refractivity contribution in [2.45, 2.75) is 27.4 Å². The van der Waals surface area contributed by atoms with Gasteiger partial charge in [0.25, 0.3) is 5.91 Å². The zero-order valence-corrected chi connectivity index (χ0v) is 16.5. The van der Waals surface area contributed by atoms with E-state index in [9.17, 15) is 4.79 Å². The molecular formula is C20H18N4O3S. The number of carbonyl (C=O) groups is 1. The first kappa shape index (κ1) is 18.1. The van der Waals surface area contributed by atoms with Crippen molar-refractivity contribution in [3.63, 3.8) is 0 Å². The molecule has 4 rings (SSSR count). The number of amides is 1. The topological polar surface area (TPSA) is 90.1 Å². The maximum Gasteiger partial charge on any atom is 0.257 e. The molecule has 0 aliphatic carbocycles. The van der Waals surface area contributed by atoms with Gasteiger partial charge in [0.15, 0.2) is 5.13 Å². The molecule has 0 unspecified atom stereocenters. The van der Waals surface area contributed by atoms with E-state index in [1.807, 2.05) is 6.92 Å². The lowest BCUT2D eigenvalue weighted by Gasteiger charge is -2.06. The first-order chi connectivity index (χ1) is 13.5. The Labute approximate surface area is 165 Å². The van der Waals surface area contributed by atoms with Gasteiger partial charge in [-0.15, -0.1) is 0 Å². The Kier molecular flexibility index (Phi) is 4.79. The fourth-order valence-electron chi connectivity index (χ4n) is 2.83. The second kappa shape index (κ2) is 7.40. The minimum Gasteiger partial charge on any atom is -0.487 e. The summed E-state index contributed by atoms with van der Waals surface area (Å²) in [5.41, 5.74) is 5.07. The van der Waals surface area contributed by atoms with E-state index < -0.39 is 0 Å². The van der Waals surface area contributed by atoms with Gasteiger partial charge in [-0.05, 0) is 62.2 Å². The highest BCUT2D eigenvalue weighted by Crippen LogP contribution is 2.29. The van der Waals surface area contributed by atoms with Gasteiger partial charge in [0.2, 0.25) is 0 Å². The summed E-state index contributed by atoms with van der Waals surface area (Å²) in [4.78, 5) is 17.1. The first-order valence-corrected chi connectivity index (χ1v) is 9.51. The van der Waals surface area contributed by atoms with Gasteiger partial charge in [0.05, 0.1) is 10.2 Å². The van der Waals surface area contributed by atoms with Crippen molar-refractivity contribution in [1.82, 2.24) is 15.3 Å². The zero-order valence-electron chi connectivity index (χ0n) is 15.6. The molecule has 0 aliphatic heterocycles. The average molecular weight is 394 g/mol. The van der Waals surface area contributed by atoms with Gasteiger partial charge < -0.3 is 4.74 Å². The molecule has 0 saturated carbocycles. The highest BCUT2D eigenvalue weighted by Gasteiger charge is 2.12. The quantitative estimate of drug-likeness (QED) is 0.538. The summed E-state index contributed by atoms with van der Waals surface area (Å²) in [5, 5.41) is 10.9. The number of aryl methyl sites for hydroxylation is 3. The number of ether oxygens (including phenoxy) is 1. The van der Waals surface area contributed by atoms with Gasteiger partial charge in [-0.1, -0.05) is 27.7 Å². The van der Waals surface area contributed by atoms with E-state index in [1.54, 1.807) is 31.2 Å². The minimum absolute atomic E-state index is 0.212. The molecule has 0 atom stereocenters. The average Bonchev–Trinajstić information content (AvgIpc) is 3.26. The Morgan fingerprint density at radius 2 is 1.93 bits per heavy atom. The number of rotatable bonds is 5. The number of carbonyl (C=O) groups excluding carboxylic acids is 1. The SMILES string of the molecule is Cc1cc(C)c2nc(NC(=O)c3ccc(OCc4nonc4C)cc3)sc2c1. The molecule has 0 fully saturated rings. The van der Waals surface area contributed by atoms with E-state index in [4.69, 9.17) is 4.74 Å². The highest BCUT2D eigenvalue weighted by molar-refractivity contribution is 7.22. The maximum atomic E-state index is 12.5. The van der Waals surface area contributed by atoms with Crippen LogP contribution in [0.15, 0.2) is 41.0 Å². The number of benzene rings is 2. The van der Waals surface area contributed by atoms with Gasteiger partial charge in [-0.25, -0.2) is 9.61 Å². The van der Waals surface area contributed by atoms with Crippen LogP contribution >= 0.6 is 11.3 Å². The molecule has 0 bridgehead atoms. The number of hydrogen-bond donors (Lipinski definition) is 1. The van der Waals surface area contributed by atoms with Gasteiger partial charge in [0.1, 0.15) is 23.7 Å². The Hall–Kier alpha value is -3.26. The van der Waals surface area contributed by atoms with E-state index in [0.717, 1.165) is 15.8 Å². The van der Waals surface area contributed by atoms with Gasteiger partial charge in [-0.3, -0.25) is 10.1 Å². The van der Waals surface area contributed by atoms with Crippen molar-refractivity contribution >= 4 is 32.6 Å². The third kappa shape index (κ3) is 3.72. The molecular weight excluding hydrogens is 376 g/mol. The van der Waals surface area contributed by atoms with Crippen LogP contribution in [0.2, 0.25) is 0 Å². The van der Waals surface area contributed by atoms with E-state index >= 15 is 0 Å². The van der Waals surface area contributed by atoms with Crippen LogP contribution in [-0.2, 0) is 6.61 Å². The summed E-state index contributed by atoms with van der Waals surface area (Å²) >= 11 is 1.47. The number of nitrogens with one attached hydrogen (secondary N) is 1. The van der Waals surface area contributed by atoms with Crippen molar-refractivity contribution in [3.8, 4) is 5.75 Å². The summed E-state index contributed by atoms with van der Waals surface area (Å²) in [6.45, 7) is 6.13. The number of thiazole rings is 1. The van der Waals surface area contributed by atoms with Crippen LogP contribution in [-0.4, -0.2) is 21.2 Å². The molecule has 0 radical (unpaired) electrons. The number of aromatic nitrogens is 3. The minimum atomic E-state index is -0.212. The highest BCUT2D eigenvalue weighted by atomic mass is 32.1. The lowest BCUT2D eigenvalue weighted by molar-refractivity contribution is 0.102. The molecule has 4 aromatic rings. The molecule has 1 N–H and O–H groups in total. The lowest BCUT2D eigenvalue weighted by Crippen LogP contribution is -2.11. The molecule has 8 heteroatoms. The van der Waals surface area contributed by atoms with Crippen LogP contribution < -0.4 is 10.1 Å². The molecule has 142 valence electrons. The van der Waals surface area contributed by atoms with E-state index in [0.29, 0.717) is 27.8 Å². The predicted octanol–water partition coefficient (Wildman–Crippen LogP) is 4.44. The van der Waals surface area contributed by atoms with E-state index in [-0.39, 0.29) is 12.5 Å². The summed E-state index contributed by atoms with van der Waals surface area (Å²) < 4.78 is 11.3. The first-order valence-electron chi connectivity index (χ1n) is 8.69. The molecule has 2 aromatic carbocycles. The summed E-state index contributed by atoms with van der Waals surface area (Å²) in [7, 11) is 0. The van der Waals surface area contributed by atoms with Crippen molar-refractivity contribution < 1.29 is 14.2 Å². The summed E-state index contributed by atoms with van der Waals surface area (Å²) in [5.74, 6) is 0.418. The molecule has 7 nitrogen and oxygen atoms in total. The van der Waals surface area contributed by atoms with Gasteiger partial charge >= 0.3 is 0 Å². The van der Waals surface area contributed by atoms with Crippen LogP contribution in [0.5, 0.6) is 5.75 Å². The summed E-state index contributed by atoms with van der Waals surface area (Å²) in [6, 6.07) is 11.1. The van der Waals surface area contributed by atoms with E-state index in [1.165, 1.54) is 16.9 Å². The molecule has 0 aliphatic rings. The van der Waals surface area contributed by atoms with Crippen LogP contribution in [0, 0.1) is 20.8 Å². The van der Waals surface area contributed by atoms with Crippen LogP contribution in [0.4, 0.5) is 5.13 Å². The molecule has 2 aromatic heterocycles. The largest absolute Gasteiger partial charge is 0.487 e. The van der Waals surface area contributed by atoms with E-state index in [2.05, 4.69) is 44.3 Å². The molecule has 28 heavy (non-hydrogen) atoms. The van der Waals surface area contributed by atoms with Crippen molar-refractivity contribution in [1.29, 1.82) is 0 Å². The molecule has 0 spiro atoms. The number of anilines is 1. The second-order valence-corrected chi connectivity index (χ2v) is 7.54. The van der Waals surface area contributed by atoms with Crippen molar-refractivity contribution in [2.24, 2.45) is 0 Å². The molecule has 0 saturated heterocycles. The standard InChI is InChI=1S/C20H18N4O3S/c1-11-8-12(2)18-17(9-11)28-20(21-18)22-19(25)14-4-6-15(7-5-14)26-10-16-13(3)23-27-24-16/h4-9H,10H2,1-3H3,(H,21,22,25). The maximum absolute atomic E-state index is 12.5. The molecule has 1 amide bonds. The third-order valence-corrected chi connectivity index (χ3v) is 5.21. The van der Waals surface area contributed by atoms with Crippen molar-refractivity contribution in [2.75, 3.05) is 5.32 Å². The van der Waals surface area contributed by atoms with Crippen LogP contribution in [0.3, 0.4) is 0 Å². The zero-order chi connectivity index (χ0) is 19.7. The predicted molar refractivity (Wildman–Crippen MR) is 107 cm³/mol. The second-order valence-electron chi connectivity index (χ2n) is 6.51. The Morgan fingerprint density at radius 3 is 2.64 bits per heavy atom. The third-order valence-electron chi connectivity index (χ3n) is 4.29. The summed E-state index contributed by atoms with van der Waals surface area (Å²) in [6.07, 6.45) is 0. The number of fused-ring (bicyclic) bond motifs is 1. The van der Waals surface area contributed by atoms with Crippen molar-refractivity contribution in [3.05, 3.63) is 64.5 Å². The fourth-order valence-corrected chi connectivity index (χ4v) is 3.87. The van der Waals surface area contributed by atoms with Gasteiger partial charge in [-0.2, -0.15) is 0 Å². The number of nitrogens with zero attached hydrogens (tertiary/aromatic N) is 3. The normalized spacial score (nSPS) is 11.0.